The van der Waals surface area contributed by atoms with Crippen molar-refractivity contribution in [3.63, 3.8) is 0 Å². The first-order valence-electron chi connectivity index (χ1n) is 6.66. The fraction of sp³-hybridized carbons (Fsp3) is 0.357. The second kappa shape index (κ2) is 5.17. The SMILES string of the molecule is O=C(O)[C@H]1C[C@@H](O)CN1C(=O)Cn1cnc2ccccc21. The van der Waals surface area contributed by atoms with Crippen molar-refractivity contribution in [2.45, 2.75) is 25.1 Å². The summed E-state index contributed by atoms with van der Waals surface area (Å²) >= 11 is 0. The highest BCUT2D eigenvalue weighted by Gasteiger charge is 2.38. The van der Waals surface area contributed by atoms with Crippen molar-refractivity contribution < 1.29 is 19.8 Å². The summed E-state index contributed by atoms with van der Waals surface area (Å²) in [4.78, 5) is 28.9. The number of aliphatic hydroxyl groups is 1. The largest absolute Gasteiger partial charge is 0.480 e. The Hall–Kier alpha value is -2.41. The third kappa shape index (κ3) is 2.47. The van der Waals surface area contributed by atoms with Crippen LogP contribution in [0, 0.1) is 0 Å². The molecule has 0 bridgehead atoms. The summed E-state index contributed by atoms with van der Waals surface area (Å²) in [7, 11) is 0. The molecule has 1 aliphatic rings. The van der Waals surface area contributed by atoms with Crippen LogP contribution in [-0.2, 0) is 16.1 Å². The van der Waals surface area contributed by atoms with Gasteiger partial charge in [0, 0.05) is 13.0 Å². The molecule has 0 spiro atoms. The molecular weight excluding hydrogens is 274 g/mol. The number of carboxylic acid groups (broad SMARTS) is 1. The zero-order chi connectivity index (χ0) is 15.0. The number of rotatable bonds is 3. The number of carbonyl (C=O) groups excluding carboxylic acids is 1. The molecule has 0 radical (unpaired) electrons. The van der Waals surface area contributed by atoms with Crippen LogP contribution in [-0.4, -0.2) is 55.2 Å². The molecule has 2 heterocycles. The standard InChI is InChI=1S/C14H15N3O4/c18-9-5-12(14(20)21)17(6-9)13(19)7-16-8-15-10-3-1-2-4-11(10)16/h1-4,8-9,12,18H,5-7H2,(H,20,21)/t9-,12-/m1/s1. The van der Waals surface area contributed by atoms with E-state index in [1.54, 1.807) is 10.9 Å². The van der Waals surface area contributed by atoms with Gasteiger partial charge in [0.05, 0.1) is 23.5 Å². The number of aromatic nitrogens is 2. The summed E-state index contributed by atoms with van der Waals surface area (Å²) < 4.78 is 1.68. The minimum absolute atomic E-state index is 0.0109. The number of likely N-dealkylation sites (tertiary alicyclic amines) is 1. The van der Waals surface area contributed by atoms with Crippen molar-refractivity contribution in [3.8, 4) is 0 Å². The molecule has 3 rings (SSSR count). The molecule has 1 saturated heterocycles. The molecule has 0 unspecified atom stereocenters. The number of benzene rings is 1. The van der Waals surface area contributed by atoms with Crippen molar-refractivity contribution in [2.24, 2.45) is 0 Å². The Morgan fingerprint density at radius 2 is 2.10 bits per heavy atom. The average Bonchev–Trinajstić information content (AvgIpc) is 3.03. The van der Waals surface area contributed by atoms with Crippen molar-refractivity contribution >= 4 is 22.9 Å². The van der Waals surface area contributed by atoms with Gasteiger partial charge in [-0.15, -0.1) is 0 Å². The van der Waals surface area contributed by atoms with Gasteiger partial charge in [0.1, 0.15) is 12.6 Å². The summed E-state index contributed by atoms with van der Waals surface area (Å²) in [6.07, 6.45) is 0.853. The molecule has 21 heavy (non-hydrogen) atoms. The van der Waals surface area contributed by atoms with Gasteiger partial charge in [-0.1, -0.05) is 12.1 Å². The lowest BCUT2D eigenvalue weighted by molar-refractivity contribution is -0.148. The van der Waals surface area contributed by atoms with Crippen LogP contribution >= 0.6 is 0 Å². The van der Waals surface area contributed by atoms with E-state index in [4.69, 9.17) is 5.11 Å². The Bertz CT molecular complexity index is 696. The molecule has 2 N–H and O–H groups in total. The number of aliphatic carboxylic acids is 1. The molecule has 2 atom stereocenters. The highest BCUT2D eigenvalue weighted by atomic mass is 16.4. The van der Waals surface area contributed by atoms with E-state index in [2.05, 4.69) is 4.98 Å². The number of hydrogen-bond donors (Lipinski definition) is 2. The van der Waals surface area contributed by atoms with Gasteiger partial charge in [-0.2, -0.15) is 0 Å². The second-order valence-electron chi connectivity index (χ2n) is 5.15. The van der Waals surface area contributed by atoms with E-state index < -0.39 is 18.1 Å². The van der Waals surface area contributed by atoms with Gasteiger partial charge in [-0.05, 0) is 12.1 Å². The van der Waals surface area contributed by atoms with Gasteiger partial charge in [-0.3, -0.25) is 4.79 Å². The van der Waals surface area contributed by atoms with Gasteiger partial charge in [0.25, 0.3) is 0 Å². The van der Waals surface area contributed by atoms with E-state index in [1.807, 2.05) is 24.3 Å². The fourth-order valence-corrected chi connectivity index (χ4v) is 2.70. The average molecular weight is 289 g/mol. The van der Waals surface area contributed by atoms with E-state index in [1.165, 1.54) is 4.90 Å². The molecular formula is C14H15N3O4. The van der Waals surface area contributed by atoms with Crippen LogP contribution in [0.1, 0.15) is 6.42 Å². The number of nitrogens with zero attached hydrogens (tertiary/aromatic N) is 3. The highest BCUT2D eigenvalue weighted by Crippen LogP contribution is 2.19. The van der Waals surface area contributed by atoms with Crippen molar-refractivity contribution in [1.82, 2.24) is 14.5 Å². The molecule has 1 fully saturated rings. The summed E-state index contributed by atoms with van der Waals surface area (Å²) in [5.74, 6) is -1.42. The number of amides is 1. The maximum Gasteiger partial charge on any atom is 0.326 e. The first-order chi connectivity index (χ1) is 10.1. The lowest BCUT2D eigenvalue weighted by Crippen LogP contribution is -2.42. The fourth-order valence-electron chi connectivity index (χ4n) is 2.70. The van der Waals surface area contributed by atoms with Crippen molar-refractivity contribution in [1.29, 1.82) is 0 Å². The Morgan fingerprint density at radius 1 is 1.33 bits per heavy atom. The number of fused-ring (bicyclic) bond motifs is 1. The van der Waals surface area contributed by atoms with Gasteiger partial charge in [-0.25, -0.2) is 9.78 Å². The quantitative estimate of drug-likeness (QED) is 0.834. The van der Waals surface area contributed by atoms with E-state index in [0.29, 0.717) is 0 Å². The zero-order valence-electron chi connectivity index (χ0n) is 11.2. The molecule has 0 saturated carbocycles. The van der Waals surface area contributed by atoms with E-state index in [9.17, 15) is 14.7 Å². The molecule has 7 nitrogen and oxygen atoms in total. The normalized spacial score (nSPS) is 21.9. The first-order valence-corrected chi connectivity index (χ1v) is 6.66. The van der Waals surface area contributed by atoms with E-state index in [-0.39, 0.29) is 25.4 Å². The number of imidazole rings is 1. The van der Waals surface area contributed by atoms with Crippen LogP contribution in [0.15, 0.2) is 30.6 Å². The maximum absolute atomic E-state index is 12.3. The molecule has 2 aromatic rings. The number of aliphatic hydroxyl groups excluding tert-OH is 1. The highest BCUT2D eigenvalue weighted by molar-refractivity contribution is 5.85. The van der Waals surface area contributed by atoms with Gasteiger partial charge < -0.3 is 19.7 Å². The Morgan fingerprint density at radius 3 is 2.86 bits per heavy atom. The molecule has 1 aromatic heterocycles. The van der Waals surface area contributed by atoms with Crippen molar-refractivity contribution in [3.05, 3.63) is 30.6 Å². The Balaban J connectivity index is 1.81. The summed E-state index contributed by atoms with van der Waals surface area (Å²) in [6.45, 7) is 0.0689. The Kier molecular flexibility index (Phi) is 3.34. The molecule has 110 valence electrons. The molecule has 7 heteroatoms. The Labute approximate surface area is 120 Å². The van der Waals surface area contributed by atoms with Gasteiger partial charge in [0.15, 0.2) is 0 Å². The van der Waals surface area contributed by atoms with E-state index in [0.717, 1.165) is 11.0 Å². The number of para-hydroxylation sites is 2. The van der Waals surface area contributed by atoms with Crippen LogP contribution in [0.5, 0.6) is 0 Å². The van der Waals surface area contributed by atoms with Crippen LogP contribution < -0.4 is 0 Å². The van der Waals surface area contributed by atoms with E-state index >= 15 is 0 Å². The third-order valence-electron chi connectivity index (χ3n) is 3.72. The summed E-state index contributed by atoms with van der Waals surface area (Å²) in [5, 5.41) is 18.7. The topological polar surface area (TPSA) is 95.7 Å². The number of carbonyl (C=O) groups is 2. The number of hydrogen-bond acceptors (Lipinski definition) is 4. The molecule has 0 aliphatic carbocycles. The van der Waals surface area contributed by atoms with Crippen LogP contribution in [0.2, 0.25) is 0 Å². The molecule has 1 aromatic carbocycles. The predicted molar refractivity (Wildman–Crippen MR) is 73.5 cm³/mol. The van der Waals surface area contributed by atoms with Gasteiger partial charge in [0.2, 0.25) is 5.91 Å². The molecule has 1 aliphatic heterocycles. The minimum atomic E-state index is -1.09. The van der Waals surface area contributed by atoms with Crippen molar-refractivity contribution in [2.75, 3.05) is 6.54 Å². The maximum atomic E-state index is 12.3. The molecule has 1 amide bonds. The summed E-state index contributed by atoms with van der Waals surface area (Å²) in [5.41, 5.74) is 1.60. The first kappa shape index (κ1) is 13.6. The minimum Gasteiger partial charge on any atom is -0.480 e. The lowest BCUT2D eigenvalue weighted by Gasteiger charge is -2.21. The second-order valence-corrected chi connectivity index (χ2v) is 5.15. The third-order valence-corrected chi connectivity index (χ3v) is 3.72. The van der Waals surface area contributed by atoms with Crippen LogP contribution in [0.4, 0.5) is 0 Å². The lowest BCUT2D eigenvalue weighted by atomic mass is 10.2. The smallest absolute Gasteiger partial charge is 0.326 e. The number of β-amino-alcohol motifs (C(OH)–C–C–N with tert-alkyl or cyclic N) is 1. The van der Waals surface area contributed by atoms with Gasteiger partial charge >= 0.3 is 5.97 Å². The monoisotopic (exact) mass is 289 g/mol. The summed E-state index contributed by atoms with van der Waals surface area (Å²) in [6, 6.07) is 6.45. The van der Waals surface area contributed by atoms with Crippen LogP contribution in [0.3, 0.4) is 0 Å². The predicted octanol–water partition coefficient (Wildman–Crippen LogP) is 0.0827. The van der Waals surface area contributed by atoms with Crippen LogP contribution in [0.25, 0.3) is 11.0 Å². The number of carboxylic acids is 1. The zero-order valence-corrected chi connectivity index (χ0v) is 11.2.